The van der Waals surface area contributed by atoms with Gasteiger partial charge in [-0.25, -0.2) is 4.79 Å². The van der Waals surface area contributed by atoms with Gasteiger partial charge in [0.1, 0.15) is 11.8 Å². The first-order valence-corrected chi connectivity index (χ1v) is 10.1. The van der Waals surface area contributed by atoms with Crippen molar-refractivity contribution < 1.29 is 24.2 Å². The Morgan fingerprint density at radius 1 is 1.44 bits per heavy atom. The normalized spacial score (nSPS) is 28.1. The van der Waals surface area contributed by atoms with E-state index in [1.165, 1.54) is 16.7 Å². The molecule has 0 radical (unpaired) electrons. The molecule has 2 fully saturated rings. The number of nitrogens with zero attached hydrogens (tertiary/aromatic N) is 2. The van der Waals surface area contributed by atoms with Crippen LogP contribution in [-0.2, 0) is 19.1 Å². The van der Waals surface area contributed by atoms with E-state index in [0.717, 1.165) is 13.0 Å². The molecule has 3 heterocycles. The summed E-state index contributed by atoms with van der Waals surface area (Å²) in [5.41, 5.74) is 0.0743. The number of carboxylic acid groups (broad SMARTS) is 1. The summed E-state index contributed by atoms with van der Waals surface area (Å²) < 4.78 is 5.30. The van der Waals surface area contributed by atoms with E-state index in [1.54, 1.807) is 20.8 Å². The number of amides is 1. The molecule has 0 aromatic heterocycles. The SMILES string of the molecule is CCC(=O)OC(C)C1C(=O)N2C(C(=O)O)=C(SC3CCN(C(C)=N)C3)C[C@H]12. The summed E-state index contributed by atoms with van der Waals surface area (Å²) in [7, 11) is 0. The molecule has 0 aromatic carbocycles. The van der Waals surface area contributed by atoms with Crippen LogP contribution in [0.1, 0.15) is 40.0 Å². The first kappa shape index (κ1) is 19.7. The number of esters is 1. The highest BCUT2D eigenvalue weighted by molar-refractivity contribution is 8.03. The summed E-state index contributed by atoms with van der Waals surface area (Å²) in [6.45, 7) is 6.64. The molecule has 0 saturated carbocycles. The summed E-state index contributed by atoms with van der Waals surface area (Å²) >= 11 is 1.51. The van der Waals surface area contributed by atoms with Gasteiger partial charge >= 0.3 is 11.9 Å². The average Bonchev–Trinajstić information content (AvgIpc) is 3.18. The summed E-state index contributed by atoms with van der Waals surface area (Å²) in [6.07, 6.45) is 1.04. The summed E-state index contributed by atoms with van der Waals surface area (Å²) in [5, 5.41) is 17.6. The Bertz CT molecular complexity index is 722. The number of nitrogens with one attached hydrogen (secondary N) is 1. The molecule has 0 aliphatic carbocycles. The molecular formula is C18H25N3O5S. The molecule has 3 aliphatic rings. The Morgan fingerprint density at radius 2 is 2.15 bits per heavy atom. The molecule has 3 aliphatic heterocycles. The number of carbonyl (C=O) groups excluding carboxylic acids is 2. The van der Waals surface area contributed by atoms with Gasteiger partial charge in [0.25, 0.3) is 0 Å². The van der Waals surface area contributed by atoms with E-state index < -0.39 is 18.0 Å². The Balaban J connectivity index is 1.71. The van der Waals surface area contributed by atoms with Gasteiger partial charge in [-0.05, 0) is 20.3 Å². The van der Waals surface area contributed by atoms with Crippen molar-refractivity contribution in [2.45, 2.75) is 57.4 Å². The van der Waals surface area contributed by atoms with Gasteiger partial charge in [0.15, 0.2) is 0 Å². The fraction of sp³-hybridized carbons (Fsp3) is 0.667. The van der Waals surface area contributed by atoms with Crippen LogP contribution < -0.4 is 0 Å². The minimum atomic E-state index is -1.09. The molecule has 148 valence electrons. The van der Waals surface area contributed by atoms with Crippen molar-refractivity contribution in [1.82, 2.24) is 9.80 Å². The number of carboxylic acids is 1. The van der Waals surface area contributed by atoms with Crippen LogP contribution in [0.5, 0.6) is 0 Å². The van der Waals surface area contributed by atoms with Crippen molar-refractivity contribution in [3.63, 3.8) is 0 Å². The number of β-lactam (4-membered cyclic amide) rings is 1. The van der Waals surface area contributed by atoms with Crippen LogP contribution in [0.3, 0.4) is 0 Å². The topological polar surface area (TPSA) is 111 Å². The monoisotopic (exact) mass is 395 g/mol. The summed E-state index contributed by atoms with van der Waals surface area (Å²) in [6, 6.07) is -0.257. The maximum absolute atomic E-state index is 12.6. The lowest BCUT2D eigenvalue weighted by molar-refractivity contribution is -0.170. The zero-order valence-electron chi connectivity index (χ0n) is 15.7. The first-order valence-electron chi connectivity index (χ1n) is 9.20. The standard InChI is InChI=1S/C18H25N3O5S/c1-4-14(22)26-9(2)15-12-7-13(16(18(24)25)21(12)17(15)23)27-11-5-6-20(8-11)10(3)19/h9,11-12,15,19H,4-8H2,1-3H3,(H,24,25)/t9?,11?,12-,15?/m1/s1. The van der Waals surface area contributed by atoms with Gasteiger partial charge in [-0.15, -0.1) is 11.8 Å². The van der Waals surface area contributed by atoms with Gasteiger partial charge in [-0.3, -0.25) is 15.0 Å². The predicted octanol–water partition coefficient (Wildman–Crippen LogP) is 1.66. The molecule has 9 heteroatoms. The lowest BCUT2D eigenvalue weighted by Gasteiger charge is -2.45. The average molecular weight is 395 g/mol. The second-order valence-corrected chi connectivity index (χ2v) is 8.59. The molecule has 1 amide bonds. The fourth-order valence-electron chi connectivity index (χ4n) is 4.02. The molecule has 2 saturated heterocycles. The number of hydrogen-bond acceptors (Lipinski definition) is 6. The molecule has 4 atom stereocenters. The third kappa shape index (κ3) is 3.56. The van der Waals surface area contributed by atoms with E-state index in [0.29, 0.717) is 23.7 Å². The number of amidine groups is 1. The van der Waals surface area contributed by atoms with Crippen molar-refractivity contribution in [3.8, 4) is 0 Å². The number of likely N-dealkylation sites (tertiary alicyclic amines) is 1. The van der Waals surface area contributed by atoms with Crippen molar-refractivity contribution in [1.29, 1.82) is 5.41 Å². The fourth-order valence-corrected chi connectivity index (χ4v) is 5.46. The number of aliphatic carboxylic acids is 1. The number of ether oxygens (including phenoxy) is 1. The maximum atomic E-state index is 12.6. The van der Waals surface area contributed by atoms with E-state index >= 15 is 0 Å². The van der Waals surface area contributed by atoms with Crippen LogP contribution >= 0.6 is 11.8 Å². The minimum absolute atomic E-state index is 0.0743. The molecular weight excluding hydrogens is 370 g/mol. The highest BCUT2D eigenvalue weighted by Crippen LogP contribution is 2.49. The Labute approximate surface area is 162 Å². The third-order valence-electron chi connectivity index (χ3n) is 5.41. The molecule has 0 bridgehead atoms. The van der Waals surface area contributed by atoms with Crippen LogP contribution in [0.25, 0.3) is 0 Å². The predicted molar refractivity (Wildman–Crippen MR) is 100 cm³/mol. The Kier molecular flexibility index (Phi) is 5.50. The second kappa shape index (κ2) is 7.53. The van der Waals surface area contributed by atoms with E-state index in [9.17, 15) is 19.5 Å². The van der Waals surface area contributed by atoms with Crippen LogP contribution in [0.4, 0.5) is 0 Å². The number of carbonyl (C=O) groups is 3. The zero-order valence-corrected chi connectivity index (χ0v) is 16.5. The molecule has 2 N–H and O–H groups in total. The molecule has 8 nitrogen and oxygen atoms in total. The van der Waals surface area contributed by atoms with Gasteiger partial charge in [0.05, 0.1) is 17.8 Å². The van der Waals surface area contributed by atoms with E-state index in [-0.39, 0.29) is 35.3 Å². The van der Waals surface area contributed by atoms with Crippen LogP contribution in [0, 0.1) is 11.3 Å². The van der Waals surface area contributed by atoms with Gasteiger partial charge in [-0.1, -0.05) is 6.92 Å². The quantitative estimate of drug-likeness (QED) is 0.304. The summed E-state index contributed by atoms with van der Waals surface area (Å²) in [4.78, 5) is 40.0. The van der Waals surface area contributed by atoms with E-state index in [1.807, 2.05) is 4.90 Å². The molecule has 0 spiro atoms. The highest BCUT2D eigenvalue weighted by Gasteiger charge is 2.58. The van der Waals surface area contributed by atoms with Gasteiger partial charge in [0.2, 0.25) is 5.91 Å². The van der Waals surface area contributed by atoms with E-state index in [4.69, 9.17) is 10.1 Å². The number of thioether (sulfide) groups is 1. The van der Waals surface area contributed by atoms with Gasteiger partial charge in [0, 0.05) is 36.1 Å². The van der Waals surface area contributed by atoms with Crippen LogP contribution in [0.2, 0.25) is 0 Å². The van der Waals surface area contributed by atoms with Gasteiger partial charge in [-0.2, -0.15) is 0 Å². The van der Waals surface area contributed by atoms with Crippen LogP contribution in [0.15, 0.2) is 10.6 Å². The van der Waals surface area contributed by atoms with Crippen molar-refractivity contribution >= 4 is 35.4 Å². The van der Waals surface area contributed by atoms with Crippen LogP contribution in [-0.4, -0.2) is 69.1 Å². The van der Waals surface area contributed by atoms with E-state index in [2.05, 4.69) is 0 Å². The Hall–Kier alpha value is -2.03. The highest BCUT2D eigenvalue weighted by atomic mass is 32.2. The molecule has 0 aromatic rings. The smallest absolute Gasteiger partial charge is 0.353 e. The zero-order chi connectivity index (χ0) is 19.9. The van der Waals surface area contributed by atoms with Crippen molar-refractivity contribution in [3.05, 3.63) is 10.6 Å². The molecule has 3 unspecified atom stereocenters. The maximum Gasteiger partial charge on any atom is 0.353 e. The van der Waals surface area contributed by atoms with Crippen molar-refractivity contribution in [2.24, 2.45) is 5.92 Å². The summed E-state index contributed by atoms with van der Waals surface area (Å²) in [5.74, 6) is -1.71. The second-order valence-electron chi connectivity index (χ2n) is 7.19. The largest absolute Gasteiger partial charge is 0.477 e. The number of hydrogen-bond donors (Lipinski definition) is 2. The molecule has 3 rings (SSSR count). The Morgan fingerprint density at radius 3 is 2.70 bits per heavy atom. The first-order chi connectivity index (χ1) is 12.7. The van der Waals surface area contributed by atoms with Crippen molar-refractivity contribution in [2.75, 3.05) is 13.1 Å². The number of rotatable bonds is 6. The lowest BCUT2D eigenvalue weighted by atomic mass is 9.83. The van der Waals surface area contributed by atoms with Gasteiger partial charge < -0.3 is 19.6 Å². The third-order valence-corrected chi connectivity index (χ3v) is 6.77. The number of fused-ring (bicyclic) bond motifs is 1. The lowest BCUT2D eigenvalue weighted by Crippen LogP contribution is -2.62. The minimum Gasteiger partial charge on any atom is -0.477 e. The molecule has 27 heavy (non-hydrogen) atoms.